The quantitative estimate of drug-likeness (QED) is 0.481. The van der Waals surface area contributed by atoms with Crippen LogP contribution in [0, 0.1) is 0 Å². The average Bonchev–Trinajstić information content (AvgIpc) is 3.22. The third kappa shape index (κ3) is 5.72. The first-order valence-electron chi connectivity index (χ1n) is 9.57. The number of pyridine rings is 1. The third-order valence-corrected chi connectivity index (χ3v) is 4.76. The van der Waals surface area contributed by atoms with Crippen LogP contribution in [0.2, 0.25) is 0 Å². The molecule has 2 aromatic heterocycles. The monoisotopic (exact) mass is 451 g/mol. The van der Waals surface area contributed by atoms with E-state index in [4.69, 9.17) is 9.90 Å². The fourth-order valence-electron chi connectivity index (χ4n) is 3.09. The number of nitrogens with one attached hydrogen (secondary N) is 2. The lowest BCUT2D eigenvalue weighted by atomic mass is 10.1. The number of alkyl halides is 3. The molecular weight excluding hydrogens is 431 g/mol. The lowest BCUT2D eigenvalue weighted by molar-refractivity contribution is -0.192. The molecule has 170 valence electrons. The summed E-state index contributed by atoms with van der Waals surface area (Å²) in [5.41, 5.74) is 3.09. The number of fused-ring (bicyclic) bond motifs is 1. The predicted molar refractivity (Wildman–Crippen MR) is 108 cm³/mol. The van der Waals surface area contributed by atoms with Crippen LogP contribution < -0.4 is 5.32 Å². The number of aliphatic hydroxyl groups is 1. The second-order valence-corrected chi connectivity index (χ2v) is 7.04. The van der Waals surface area contributed by atoms with E-state index in [2.05, 4.69) is 20.5 Å². The fraction of sp³-hybridized carbons (Fsp3) is 0.300. The number of aromatic nitrogens is 3. The first kappa shape index (κ1) is 23.0. The molecule has 1 aliphatic rings. The van der Waals surface area contributed by atoms with Crippen molar-refractivity contribution >= 4 is 34.2 Å². The molecule has 1 saturated heterocycles. The molecule has 0 bridgehead atoms. The number of rotatable bonds is 3. The molecule has 3 heterocycles. The molecule has 1 fully saturated rings. The largest absolute Gasteiger partial charge is 0.490 e. The normalized spacial score (nSPS) is 14.6. The van der Waals surface area contributed by atoms with E-state index in [1.807, 2.05) is 18.2 Å². The number of benzene rings is 1. The third-order valence-electron chi connectivity index (χ3n) is 4.76. The number of aliphatic carboxylic acids is 1. The maximum Gasteiger partial charge on any atom is 0.490 e. The van der Waals surface area contributed by atoms with Gasteiger partial charge in [0.25, 0.3) is 5.91 Å². The zero-order valence-electron chi connectivity index (χ0n) is 16.6. The lowest BCUT2D eigenvalue weighted by Gasteiger charge is -2.30. The molecule has 0 spiro atoms. The standard InChI is InChI=1S/C18H19N5O2.C2HF3O2/c24-14-4-7-23(8-5-14)18(25)15-11-19-6-3-17(15)21-13-1-2-16-12(9-13)10-20-22-16;3-2(4,5)1(6)7/h1-3,6,9-11,14,24H,4-5,7-8H2,(H,19,21)(H,20,22);(H,6,7). The number of carboxylic acids is 1. The number of carbonyl (C=O) groups excluding carboxylic acids is 1. The van der Waals surface area contributed by atoms with Gasteiger partial charge in [0.1, 0.15) is 0 Å². The molecule has 1 aliphatic heterocycles. The highest BCUT2D eigenvalue weighted by molar-refractivity contribution is 6.00. The molecular formula is C20H20F3N5O4. The number of H-pyrrole nitrogens is 1. The zero-order chi connectivity index (χ0) is 23.3. The van der Waals surface area contributed by atoms with E-state index in [1.54, 1.807) is 29.6 Å². The molecule has 32 heavy (non-hydrogen) atoms. The SMILES string of the molecule is O=C(O)C(F)(F)F.O=C(c1cnccc1Nc1ccc2[nH]ncc2c1)N1CCC(O)CC1. The lowest BCUT2D eigenvalue weighted by Crippen LogP contribution is -2.40. The molecule has 0 radical (unpaired) electrons. The second kappa shape index (κ2) is 9.64. The number of carboxylic acid groups (broad SMARTS) is 1. The average molecular weight is 451 g/mol. The number of piperidine rings is 1. The summed E-state index contributed by atoms with van der Waals surface area (Å²) in [6, 6.07) is 7.65. The van der Waals surface area contributed by atoms with Gasteiger partial charge in [-0.05, 0) is 37.1 Å². The molecule has 1 amide bonds. The van der Waals surface area contributed by atoms with Crippen molar-refractivity contribution in [1.29, 1.82) is 0 Å². The Morgan fingerprint density at radius 3 is 2.50 bits per heavy atom. The number of likely N-dealkylation sites (tertiary alicyclic amines) is 1. The Balaban J connectivity index is 0.000000360. The predicted octanol–water partition coefficient (Wildman–Crippen LogP) is 2.93. The van der Waals surface area contributed by atoms with Crippen LogP contribution in [0.1, 0.15) is 23.2 Å². The summed E-state index contributed by atoms with van der Waals surface area (Å²) in [6.07, 6.45) is 0.856. The Labute approximate surface area is 179 Å². The van der Waals surface area contributed by atoms with Gasteiger partial charge >= 0.3 is 12.1 Å². The van der Waals surface area contributed by atoms with Gasteiger partial charge in [0.2, 0.25) is 0 Å². The van der Waals surface area contributed by atoms with Crippen molar-refractivity contribution < 1.29 is 33.0 Å². The summed E-state index contributed by atoms with van der Waals surface area (Å²) in [5.74, 6) is -2.82. The van der Waals surface area contributed by atoms with E-state index >= 15 is 0 Å². The second-order valence-electron chi connectivity index (χ2n) is 7.04. The molecule has 4 rings (SSSR count). The molecule has 4 N–H and O–H groups in total. The summed E-state index contributed by atoms with van der Waals surface area (Å²) in [7, 11) is 0. The maximum absolute atomic E-state index is 12.8. The first-order valence-corrected chi connectivity index (χ1v) is 9.57. The highest BCUT2D eigenvalue weighted by Gasteiger charge is 2.38. The highest BCUT2D eigenvalue weighted by atomic mass is 19.4. The summed E-state index contributed by atoms with van der Waals surface area (Å²) in [5, 5.41) is 28.0. The fourth-order valence-corrected chi connectivity index (χ4v) is 3.09. The first-order chi connectivity index (χ1) is 15.1. The number of carbonyl (C=O) groups is 2. The summed E-state index contributed by atoms with van der Waals surface area (Å²) in [4.78, 5) is 27.6. The van der Waals surface area contributed by atoms with Crippen molar-refractivity contribution in [2.75, 3.05) is 18.4 Å². The Morgan fingerprint density at radius 2 is 1.84 bits per heavy atom. The van der Waals surface area contributed by atoms with Gasteiger partial charge in [0, 0.05) is 36.6 Å². The molecule has 0 unspecified atom stereocenters. The van der Waals surface area contributed by atoms with Crippen molar-refractivity contribution in [1.82, 2.24) is 20.1 Å². The van der Waals surface area contributed by atoms with Gasteiger partial charge in [-0.15, -0.1) is 0 Å². The van der Waals surface area contributed by atoms with Gasteiger partial charge in [-0.3, -0.25) is 14.9 Å². The summed E-state index contributed by atoms with van der Waals surface area (Å²) < 4.78 is 31.7. The van der Waals surface area contributed by atoms with E-state index in [0.717, 1.165) is 16.6 Å². The zero-order valence-corrected chi connectivity index (χ0v) is 16.6. The molecule has 0 atom stereocenters. The number of hydrogen-bond donors (Lipinski definition) is 4. The number of hydrogen-bond acceptors (Lipinski definition) is 6. The minimum atomic E-state index is -5.08. The van der Waals surface area contributed by atoms with E-state index in [1.165, 1.54) is 0 Å². The minimum absolute atomic E-state index is 0.0631. The molecule has 1 aromatic carbocycles. The van der Waals surface area contributed by atoms with Gasteiger partial charge in [-0.2, -0.15) is 18.3 Å². The van der Waals surface area contributed by atoms with Gasteiger partial charge in [0.05, 0.1) is 29.1 Å². The van der Waals surface area contributed by atoms with Crippen LogP contribution in [0.25, 0.3) is 10.9 Å². The van der Waals surface area contributed by atoms with Gasteiger partial charge in [0.15, 0.2) is 0 Å². The van der Waals surface area contributed by atoms with Crippen LogP contribution in [0.15, 0.2) is 42.9 Å². The summed E-state index contributed by atoms with van der Waals surface area (Å²) in [6.45, 7) is 1.13. The van der Waals surface area contributed by atoms with Gasteiger partial charge < -0.3 is 20.4 Å². The number of aliphatic hydroxyl groups excluding tert-OH is 1. The van der Waals surface area contributed by atoms with Crippen molar-refractivity contribution in [2.45, 2.75) is 25.1 Å². The van der Waals surface area contributed by atoms with E-state index in [0.29, 0.717) is 37.2 Å². The molecule has 12 heteroatoms. The van der Waals surface area contributed by atoms with Crippen LogP contribution in [0.3, 0.4) is 0 Å². The number of amides is 1. The van der Waals surface area contributed by atoms with Crippen molar-refractivity contribution in [3.05, 3.63) is 48.4 Å². The minimum Gasteiger partial charge on any atom is -0.475 e. The van der Waals surface area contributed by atoms with Gasteiger partial charge in [-0.1, -0.05) is 0 Å². The van der Waals surface area contributed by atoms with Gasteiger partial charge in [-0.25, -0.2) is 4.79 Å². The van der Waals surface area contributed by atoms with Crippen molar-refractivity contribution in [3.8, 4) is 0 Å². The Hall–Kier alpha value is -3.67. The summed E-state index contributed by atoms with van der Waals surface area (Å²) >= 11 is 0. The van der Waals surface area contributed by atoms with Crippen LogP contribution in [0.5, 0.6) is 0 Å². The van der Waals surface area contributed by atoms with E-state index < -0.39 is 12.1 Å². The maximum atomic E-state index is 12.8. The van der Waals surface area contributed by atoms with E-state index in [9.17, 15) is 23.1 Å². The van der Waals surface area contributed by atoms with Crippen LogP contribution in [0.4, 0.5) is 24.5 Å². The number of aromatic amines is 1. The highest BCUT2D eigenvalue weighted by Crippen LogP contribution is 2.25. The molecule has 3 aromatic rings. The van der Waals surface area contributed by atoms with Crippen molar-refractivity contribution in [2.24, 2.45) is 0 Å². The smallest absolute Gasteiger partial charge is 0.475 e. The van der Waals surface area contributed by atoms with Crippen LogP contribution in [-0.2, 0) is 4.79 Å². The molecule has 0 aliphatic carbocycles. The Bertz CT molecular complexity index is 1090. The number of halogens is 3. The van der Waals surface area contributed by atoms with Crippen LogP contribution in [-0.4, -0.2) is 67.5 Å². The topological polar surface area (TPSA) is 131 Å². The van der Waals surface area contributed by atoms with Crippen molar-refractivity contribution in [3.63, 3.8) is 0 Å². The molecule has 0 saturated carbocycles. The van der Waals surface area contributed by atoms with E-state index in [-0.39, 0.29) is 12.0 Å². The number of anilines is 2. The van der Waals surface area contributed by atoms with Crippen LogP contribution >= 0.6 is 0 Å². The number of nitrogens with zero attached hydrogens (tertiary/aromatic N) is 3. The Morgan fingerprint density at radius 1 is 1.16 bits per heavy atom. The molecule has 9 nitrogen and oxygen atoms in total. The Kier molecular flexibility index (Phi) is 6.93.